The van der Waals surface area contributed by atoms with E-state index in [-0.39, 0.29) is 28.7 Å². The molecule has 0 radical (unpaired) electrons. The number of hydrogen-bond acceptors (Lipinski definition) is 7. The van der Waals surface area contributed by atoms with Crippen molar-refractivity contribution >= 4 is 46.6 Å². The number of halogens is 2. The number of aromatic nitrogens is 3. The van der Waals surface area contributed by atoms with Gasteiger partial charge >= 0.3 is 0 Å². The first-order chi connectivity index (χ1) is 17.3. The number of pyridine rings is 1. The highest BCUT2D eigenvalue weighted by atomic mass is 35.5. The largest absolute Gasteiger partial charge is 0.353 e. The van der Waals surface area contributed by atoms with E-state index in [4.69, 9.17) is 11.6 Å². The Balaban J connectivity index is 1.45. The molecule has 4 rings (SSSR count). The molecule has 1 aromatic carbocycles. The molecule has 0 unspecified atom stereocenters. The lowest BCUT2D eigenvalue weighted by Gasteiger charge is -2.21. The van der Waals surface area contributed by atoms with Gasteiger partial charge in [-0.3, -0.25) is 14.4 Å². The van der Waals surface area contributed by atoms with Gasteiger partial charge in [-0.15, -0.1) is 10.2 Å². The van der Waals surface area contributed by atoms with Crippen molar-refractivity contribution in [2.24, 2.45) is 0 Å². The van der Waals surface area contributed by atoms with E-state index in [0.29, 0.717) is 37.0 Å². The molecule has 0 aliphatic carbocycles. The third-order valence-corrected chi connectivity index (χ3v) is 5.82. The van der Waals surface area contributed by atoms with Crippen molar-refractivity contribution in [3.8, 4) is 0 Å². The van der Waals surface area contributed by atoms with Gasteiger partial charge in [0.2, 0.25) is 5.91 Å². The summed E-state index contributed by atoms with van der Waals surface area (Å²) in [6, 6.07) is 9.67. The Morgan fingerprint density at radius 2 is 1.78 bits per heavy atom. The van der Waals surface area contributed by atoms with Crippen molar-refractivity contribution < 1.29 is 18.8 Å². The third kappa shape index (κ3) is 6.11. The Labute approximate surface area is 211 Å². The smallest absolute Gasteiger partial charge is 0.276 e. The van der Waals surface area contributed by atoms with Crippen molar-refractivity contribution in [1.82, 2.24) is 20.1 Å². The highest BCUT2D eigenvalue weighted by Crippen LogP contribution is 2.20. The molecule has 186 valence electrons. The molecule has 2 aromatic heterocycles. The maximum atomic E-state index is 13.9. The van der Waals surface area contributed by atoms with E-state index in [1.165, 1.54) is 24.4 Å². The number of carbonyl (C=O) groups is 3. The van der Waals surface area contributed by atoms with Crippen LogP contribution in [0.2, 0.25) is 5.02 Å². The molecule has 12 heteroatoms. The van der Waals surface area contributed by atoms with Crippen molar-refractivity contribution in [2.75, 3.05) is 41.7 Å². The van der Waals surface area contributed by atoms with Crippen LogP contribution < -0.4 is 15.5 Å². The van der Waals surface area contributed by atoms with E-state index in [0.717, 1.165) is 18.6 Å². The Kier molecular flexibility index (Phi) is 7.69. The van der Waals surface area contributed by atoms with Crippen LogP contribution in [0.25, 0.3) is 0 Å². The average Bonchev–Trinajstić information content (AvgIpc) is 3.13. The quantitative estimate of drug-likeness (QED) is 0.539. The van der Waals surface area contributed by atoms with Crippen molar-refractivity contribution in [3.05, 3.63) is 70.8 Å². The molecule has 1 aliphatic rings. The Morgan fingerprint density at radius 3 is 2.47 bits per heavy atom. The van der Waals surface area contributed by atoms with E-state index < -0.39 is 17.6 Å². The zero-order valence-electron chi connectivity index (χ0n) is 19.4. The molecule has 1 saturated heterocycles. The number of amides is 3. The van der Waals surface area contributed by atoms with Gasteiger partial charge in [-0.1, -0.05) is 11.6 Å². The fourth-order valence-electron chi connectivity index (χ4n) is 3.71. The van der Waals surface area contributed by atoms with Crippen LogP contribution in [0.3, 0.4) is 0 Å². The van der Waals surface area contributed by atoms with Crippen LogP contribution in [0.1, 0.15) is 34.2 Å². The van der Waals surface area contributed by atoms with Crippen LogP contribution in [-0.4, -0.2) is 64.0 Å². The maximum absolute atomic E-state index is 13.9. The molecule has 3 aromatic rings. The predicted octanol–water partition coefficient (Wildman–Crippen LogP) is 3.23. The lowest BCUT2D eigenvalue weighted by Crippen LogP contribution is -2.34. The van der Waals surface area contributed by atoms with E-state index in [2.05, 4.69) is 25.8 Å². The van der Waals surface area contributed by atoms with E-state index in [1.54, 1.807) is 24.0 Å². The average molecular weight is 512 g/mol. The van der Waals surface area contributed by atoms with E-state index in [9.17, 15) is 18.8 Å². The van der Waals surface area contributed by atoms with Gasteiger partial charge in [-0.05, 0) is 48.9 Å². The Bertz CT molecular complexity index is 1270. The number of nitrogens with zero attached hydrogens (tertiary/aromatic N) is 5. The van der Waals surface area contributed by atoms with Crippen LogP contribution in [-0.2, 0) is 4.79 Å². The lowest BCUT2D eigenvalue weighted by molar-refractivity contribution is -0.128. The molecular formula is C24H23ClFN7O3. The summed E-state index contributed by atoms with van der Waals surface area (Å²) in [7, 11) is 0. The first-order valence-electron chi connectivity index (χ1n) is 11.2. The third-order valence-electron chi connectivity index (χ3n) is 5.59. The summed E-state index contributed by atoms with van der Waals surface area (Å²) in [4.78, 5) is 45.0. The number of nitrogens with one attached hydrogen (secondary N) is 2. The van der Waals surface area contributed by atoms with Crippen LogP contribution >= 0.6 is 11.6 Å². The molecule has 0 spiro atoms. The van der Waals surface area contributed by atoms with Crippen molar-refractivity contribution in [1.29, 1.82) is 0 Å². The standard InChI is InChI=1S/C24H23ClFN7O3/c1-15(34)32-9-2-10-33(12-11-32)22-8-6-20(30-31-22)24(36)28-19-5-4-17(26)13-18(19)23(35)29-21-7-3-16(25)14-27-21/h3-8,13-14H,2,9-12H2,1H3,(H,28,36)(H,27,29,35). The molecule has 1 aliphatic heterocycles. The highest BCUT2D eigenvalue weighted by molar-refractivity contribution is 6.30. The molecule has 0 atom stereocenters. The second-order valence-corrected chi connectivity index (χ2v) is 8.52. The van der Waals surface area contributed by atoms with E-state index >= 15 is 0 Å². The zero-order valence-corrected chi connectivity index (χ0v) is 20.1. The first-order valence-corrected chi connectivity index (χ1v) is 11.6. The minimum absolute atomic E-state index is 0.0222. The maximum Gasteiger partial charge on any atom is 0.276 e. The number of benzene rings is 1. The van der Waals surface area contributed by atoms with Crippen molar-refractivity contribution in [2.45, 2.75) is 13.3 Å². The normalized spacial score (nSPS) is 13.6. The topological polar surface area (TPSA) is 120 Å². The molecule has 0 saturated carbocycles. The fourth-order valence-corrected chi connectivity index (χ4v) is 3.82. The number of rotatable bonds is 5. The van der Waals surface area contributed by atoms with Gasteiger partial charge in [-0.25, -0.2) is 9.37 Å². The predicted molar refractivity (Wildman–Crippen MR) is 133 cm³/mol. The zero-order chi connectivity index (χ0) is 25.7. The van der Waals surface area contributed by atoms with Gasteiger partial charge < -0.3 is 20.4 Å². The lowest BCUT2D eigenvalue weighted by atomic mass is 10.1. The minimum atomic E-state index is -0.665. The monoisotopic (exact) mass is 511 g/mol. The van der Waals surface area contributed by atoms with Crippen molar-refractivity contribution in [3.63, 3.8) is 0 Å². The second kappa shape index (κ2) is 11.1. The number of hydrogen-bond donors (Lipinski definition) is 2. The Hall–Kier alpha value is -4.12. The van der Waals surface area contributed by atoms with Crippen LogP contribution in [0.5, 0.6) is 0 Å². The van der Waals surface area contributed by atoms with Crippen LogP contribution in [0.15, 0.2) is 48.7 Å². The highest BCUT2D eigenvalue weighted by Gasteiger charge is 2.20. The van der Waals surface area contributed by atoms with Gasteiger partial charge in [0.05, 0.1) is 16.3 Å². The molecule has 10 nitrogen and oxygen atoms in total. The number of anilines is 3. The molecule has 2 N–H and O–H groups in total. The van der Waals surface area contributed by atoms with Gasteiger partial charge in [0, 0.05) is 39.3 Å². The van der Waals surface area contributed by atoms with Crippen LogP contribution in [0.4, 0.5) is 21.7 Å². The Morgan fingerprint density at radius 1 is 0.944 bits per heavy atom. The number of carbonyl (C=O) groups excluding carboxylic acids is 3. The van der Waals surface area contributed by atoms with Gasteiger partial charge in [0.25, 0.3) is 11.8 Å². The summed E-state index contributed by atoms with van der Waals surface area (Å²) in [5.41, 5.74) is 0.0221. The summed E-state index contributed by atoms with van der Waals surface area (Å²) in [6.45, 7) is 4.13. The molecular weight excluding hydrogens is 489 g/mol. The SMILES string of the molecule is CC(=O)N1CCCN(c2ccc(C(=O)Nc3ccc(F)cc3C(=O)Nc3ccc(Cl)cn3)nn2)CC1. The van der Waals surface area contributed by atoms with Crippen LogP contribution in [0, 0.1) is 5.82 Å². The second-order valence-electron chi connectivity index (χ2n) is 8.08. The summed E-state index contributed by atoms with van der Waals surface area (Å²) >= 11 is 5.80. The molecule has 3 amide bonds. The molecule has 3 heterocycles. The van der Waals surface area contributed by atoms with E-state index in [1.807, 2.05) is 4.90 Å². The van der Waals surface area contributed by atoms with Gasteiger partial charge in [0.15, 0.2) is 11.5 Å². The first kappa shape index (κ1) is 25.0. The summed E-state index contributed by atoms with van der Waals surface area (Å²) in [5, 5.41) is 13.7. The molecule has 36 heavy (non-hydrogen) atoms. The summed E-state index contributed by atoms with van der Waals surface area (Å²) in [5.74, 6) is -1.08. The molecule has 1 fully saturated rings. The fraction of sp³-hybridized carbons (Fsp3) is 0.250. The van der Waals surface area contributed by atoms with Gasteiger partial charge in [0.1, 0.15) is 11.6 Å². The summed E-state index contributed by atoms with van der Waals surface area (Å²) < 4.78 is 13.9. The molecule has 0 bridgehead atoms. The minimum Gasteiger partial charge on any atom is -0.353 e. The summed E-state index contributed by atoms with van der Waals surface area (Å²) in [6.07, 6.45) is 2.16. The van der Waals surface area contributed by atoms with Gasteiger partial charge in [-0.2, -0.15) is 0 Å².